The predicted molar refractivity (Wildman–Crippen MR) is 70.4 cm³/mol. The molecule has 0 radical (unpaired) electrons. The number of hydrogen-bond acceptors (Lipinski definition) is 3. The van der Waals surface area contributed by atoms with Crippen LogP contribution in [0.3, 0.4) is 0 Å². The van der Waals surface area contributed by atoms with E-state index in [2.05, 4.69) is 4.72 Å². The third-order valence-corrected chi connectivity index (χ3v) is 4.10. The highest BCUT2D eigenvalue weighted by Gasteiger charge is 2.13. The number of aryl methyl sites for hydroxylation is 1. The number of methoxy groups -OCH3 is 1. The molecule has 96 valence electrons. The van der Waals surface area contributed by atoms with E-state index in [0.717, 1.165) is 5.56 Å². The molecule has 1 N–H and O–H groups in total. The summed E-state index contributed by atoms with van der Waals surface area (Å²) < 4.78 is 30.9. The summed E-state index contributed by atoms with van der Waals surface area (Å²) in [5.41, 5.74) is 1.21. The van der Waals surface area contributed by atoms with Crippen molar-refractivity contribution in [2.24, 2.45) is 0 Å². The first-order chi connectivity index (χ1) is 7.89. The van der Waals surface area contributed by atoms with Crippen LogP contribution in [-0.4, -0.2) is 21.3 Å². The maximum absolute atomic E-state index is 11.7. The fourth-order valence-corrected chi connectivity index (χ4v) is 2.69. The van der Waals surface area contributed by atoms with Gasteiger partial charge in [0.15, 0.2) is 0 Å². The number of halogens is 1. The molecule has 0 aliphatic carbocycles. The van der Waals surface area contributed by atoms with Gasteiger partial charge in [-0.1, -0.05) is 18.5 Å². The number of anilines is 1. The minimum atomic E-state index is -3.32. The van der Waals surface area contributed by atoms with Gasteiger partial charge in [-0.05, 0) is 25.0 Å². The fourth-order valence-electron chi connectivity index (χ4n) is 1.40. The van der Waals surface area contributed by atoms with Crippen LogP contribution in [0.2, 0.25) is 5.02 Å². The van der Waals surface area contributed by atoms with E-state index in [1.54, 1.807) is 19.1 Å². The minimum absolute atomic E-state index is 0.0812. The van der Waals surface area contributed by atoms with E-state index in [0.29, 0.717) is 22.9 Å². The lowest BCUT2D eigenvalue weighted by atomic mass is 10.2. The molecule has 0 amide bonds. The van der Waals surface area contributed by atoms with Crippen molar-refractivity contribution in [2.75, 3.05) is 17.6 Å². The molecular weight excluding hydrogens is 262 g/mol. The summed E-state index contributed by atoms with van der Waals surface area (Å²) in [6, 6.07) is 3.26. The van der Waals surface area contributed by atoms with Crippen LogP contribution in [0.25, 0.3) is 0 Å². The number of nitrogens with one attached hydrogen (secondary N) is 1. The molecule has 0 unspecified atom stereocenters. The Morgan fingerprint density at radius 1 is 1.41 bits per heavy atom. The summed E-state index contributed by atoms with van der Waals surface area (Å²) in [6.07, 6.45) is 0.560. The summed E-state index contributed by atoms with van der Waals surface area (Å²) in [5, 5.41) is 0.542. The van der Waals surface area contributed by atoms with Crippen LogP contribution >= 0.6 is 11.6 Å². The molecule has 0 aliphatic rings. The Morgan fingerprint density at radius 3 is 2.59 bits per heavy atom. The third kappa shape index (κ3) is 3.78. The van der Waals surface area contributed by atoms with E-state index in [9.17, 15) is 8.42 Å². The normalized spacial score (nSPS) is 11.3. The molecule has 0 aromatic heterocycles. The molecule has 0 aliphatic heterocycles. The van der Waals surface area contributed by atoms with Gasteiger partial charge in [0.25, 0.3) is 0 Å². The van der Waals surface area contributed by atoms with Gasteiger partial charge in [0, 0.05) is 11.1 Å². The van der Waals surface area contributed by atoms with Gasteiger partial charge in [0.05, 0.1) is 18.6 Å². The first-order valence-electron chi connectivity index (χ1n) is 5.24. The highest BCUT2D eigenvalue weighted by Crippen LogP contribution is 2.31. The number of benzene rings is 1. The summed E-state index contributed by atoms with van der Waals surface area (Å²) in [7, 11) is -1.85. The van der Waals surface area contributed by atoms with E-state index >= 15 is 0 Å². The number of rotatable bonds is 5. The number of hydrogen-bond donors (Lipinski definition) is 1. The van der Waals surface area contributed by atoms with Crippen molar-refractivity contribution in [1.82, 2.24) is 0 Å². The Hall–Kier alpha value is -0.940. The lowest BCUT2D eigenvalue weighted by Gasteiger charge is -2.13. The zero-order valence-electron chi connectivity index (χ0n) is 10.1. The van der Waals surface area contributed by atoms with Gasteiger partial charge in [-0.3, -0.25) is 4.72 Å². The largest absolute Gasteiger partial charge is 0.495 e. The Kier molecular flexibility index (Phi) is 4.65. The van der Waals surface area contributed by atoms with Gasteiger partial charge in [0.2, 0.25) is 10.0 Å². The summed E-state index contributed by atoms with van der Waals surface area (Å²) in [4.78, 5) is 0. The Morgan fingerprint density at radius 2 is 2.06 bits per heavy atom. The fraction of sp³-hybridized carbons (Fsp3) is 0.455. The molecule has 1 rings (SSSR count). The van der Waals surface area contributed by atoms with E-state index in [4.69, 9.17) is 16.3 Å². The Bertz CT molecular complexity index is 500. The van der Waals surface area contributed by atoms with Crippen molar-refractivity contribution in [1.29, 1.82) is 0 Å². The van der Waals surface area contributed by atoms with Crippen LogP contribution < -0.4 is 9.46 Å². The summed E-state index contributed by atoms with van der Waals surface area (Å²) in [5.74, 6) is 0.498. The maximum atomic E-state index is 11.7. The average Bonchev–Trinajstić information content (AvgIpc) is 2.22. The standard InChI is InChI=1S/C11H16ClNO3S/c1-4-5-17(14,15)13-10-6-8(2)9(12)7-11(10)16-3/h6-7,13H,4-5H2,1-3H3. The molecule has 0 saturated heterocycles. The van der Waals surface area contributed by atoms with E-state index < -0.39 is 10.0 Å². The van der Waals surface area contributed by atoms with Crippen LogP contribution in [0.4, 0.5) is 5.69 Å². The van der Waals surface area contributed by atoms with Crippen molar-refractivity contribution in [3.8, 4) is 5.75 Å². The second kappa shape index (κ2) is 5.60. The molecule has 0 heterocycles. The zero-order chi connectivity index (χ0) is 13.1. The predicted octanol–water partition coefficient (Wildman–Crippen LogP) is 2.81. The van der Waals surface area contributed by atoms with Crippen molar-refractivity contribution < 1.29 is 13.2 Å². The minimum Gasteiger partial charge on any atom is -0.495 e. The molecule has 1 aromatic carbocycles. The van der Waals surface area contributed by atoms with Gasteiger partial charge in [-0.25, -0.2) is 8.42 Å². The molecule has 0 fully saturated rings. The maximum Gasteiger partial charge on any atom is 0.232 e. The highest BCUT2D eigenvalue weighted by molar-refractivity contribution is 7.92. The van der Waals surface area contributed by atoms with E-state index in [-0.39, 0.29) is 5.75 Å². The second-order valence-corrected chi connectivity index (χ2v) is 5.97. The van der Waals surface area contributed by atoms with E-state index in [1.165, 1.54) is 7.11 Å². The first-order valence-corrected chi connectivity index (χ1v) is 7.27. The second-order valence-electron chi connectivity index (χ2n) is 3.72. The Balaban J connectivity index is 3.10. The molecule has 0 spiro atoms. The van der Waals surface area contributed by atoms with Gasteiger partial charge in [0.1, 0.15) is 5.75 Å². The lowest BCUT2D eigenvalue weighted by molar-refractivity contribution is 0.417. The molecule has 0 bridgehead atoms. The lowest BCUT2D eigenvalue weighted by Crippen LogP contribution is -2.16. The zero-order valence-corrected chi connectivity index (χ0v) is 11.7. The summed E-state index contributed by atoms with van der Waals surface area (Å²) >= 11 is 5.94. The smallest absolute Gasteiger partial charge is 0.232 e. The molecule has 0 saturated carbocycles. The van der Waals surface area contributed by atoms with Gasteiger partial charge >= 0.3 is 0 Å². The number of ether oxygens (including phenoxy) is 1. The SMILES string of the molecule is CCCS(=O)(=O)Nc1cc(C)c(Cl)cc1OC. The van der Waals surface area contributed by atoms with Crippen LogP contribution in [-0.2, 0) is 10.0 Å². The highest BCUT2D eigenvalue weighted by atomic mass is 35.5. The molecular formula is C11H16ClNO3S. The van der Waals surface area contributed by atoms with E-state index in [1.807, 2.05) is 6.92 Å². The molecule has 17 heavy (non-hydrogen) atoms. The molecule has 6 heteroatoms. The molecule has 0 atom stereocenters. The van der Waals surface area contributed by atoms with Crippen molar-refractivity contribution in [3.05, 3.63) is 22.7 Å². The van der Waals surface area contributed by atoms with Crippen LogP contribution in [0.15, 0.2) is 12.1 Å². The van der Waals surface area contributed by atoms with Crippen LogP contribution in [0.1, 0.15) is 18.9 Å². The Labute approximate surface area is 107 Å². The monoisotopic (exact) mass is 277 g/mol. The molecule has 4 nitrogen and oxygen atoms in total. The van der Waals surface area contributed by atoms with Crippen molar-refractivity contribution in [3.63, 3.8) is 0 Å². The van der Waals surface area contributed by atoms with Crippen molar-refractivity contribution >= 4 is 27.3 Å². The molecule has 1 aromatic rings. The topological polar surface area (TPSA) is 55.4 Å². The quantitative estimate of drug-likeness (QED) is 0.900. The van der Waals surface area contributed by atoms with Gasteiger partial charge in [-0.2, -0.15) is 0 Å². The average molecular weight is 278 g/mol. The van der Waals surface area contributed by atoms with Crippen molar-refractivity contribution in [2.45, 2.75) is 20.3 Å². The third-order valence-electron chi connectivity index (χ3n) is 2.22. The van der Waals surface area contributed by atoms with Gasteiger partial charge < -0.3 is 4.74 Å². The van der Waals surface area contributed by atoms with Crippen LogP contribution in [0.5, 0.6) is 5.75 Å². The number of sulfonamides is 1. The van der Waals surface area contributed by atoms with Gasteiger partial charge in [-0.15, -0.1) is 0 Å². The first kappa shape index (κ1) is 14.1. The summed E-state index contributed by atoms with van der Waals surface area (Å²) in [6.45, 7) is 3.61. The van der Waals surface area contributed by atoms with Crippen LogP contribution in [0, 0.1) is 6.92 Å².